The molecule has 0 spiro atoms. The van der Waals surface area contributed by atoms with Crippen molar-refractivity contribution in [2.24, 2.45) is 5.92 Å². The summed E-state index contributed by atoms with van der Waals surface area (Å²) in [4.78, 5) is 24.3. The zero-order chi connectivity index (χ0) is 13.2. The lowest BCUT2D eigenvalue weighted by Crippen LogP contribution is -2.53. The molecule has 2 fully saturated rings. The molecule has 2 amide bonds. The van der Waals surface area contributed by atoms with E-state index in [9.17, 15) is 9.59 Å². The number of nitrogens with one attached hydrogen (secondary N) is 1. The topological polar surface area (TPSA) is 78.9 Å². The van der Waals surface area contributed by atoms with Crippen LogP contribution >= 0.6 is 0 Å². The van der Waals surface area contributed by atoms with Gasteiger partial charge in [-0.2, -0.15) is 0 Å². The minimum atomic E-state index is -0.973. The Morgan fingerprint density at radius 1 is 1.50 bits per heavy atom. The first-order valence-electron chi connectivity index (χ1n) is 6.35. The van der Waals surface area contributed by atoms with E-state index in [-0.39, 0.29) is 18.1 Å². The largest absolute Gasteiger partial charge is 0.480 e. The zero-order valence-corrected chi connectivity index (χ0v) is 10.6. The number of ether oxygens (including phenoxy) is 1. The normalized spacial score (nSPS) is 26.9. The molecular formula is C12H20N2O4. The van der Waals surface area contributed by atoms with Crippen LogP contribution in [0.1, 0.15) is 26.2 Å². The van der Waals surface area contributed by atoms with Crippen LogP contribution in [0, 0.1) is 5.92 Å². The average molecular weight is 256 g/mol. The summed E-state index contributed by atoms with van der Waals surface area (Å²) in [5, 5.41) is 11.7. The van der Waals surface area contributed by atoms with Gasteiger partial charge in [-0.1, -0.05) is 0 Å². The van der Waals surface area contributed by atoms with E-state index in [0.717, 1.165) is 19.3 Å². The third-order valence-electron chi connectivity index (χ3n) is 3.42. The summed E-state index contributed by atoms with van der Waals surface area (Å²) in [6.45, 7) is 3.35. The summed E-state index contributed by atoms with van der Waals surface area (Å²) in [7, 11) is 0. The van der Waals surface area contributed by atoms with Crippen molar-refractivity contribution >= 4 is 12.0 Å². The Balaban J connectivity index is 1.91. The zero-order valence-electron chi connectivity index (χ0n) is 10.6. The average Bonchev–Trinajstić information content (AvgIpc) is 2.99. The highest BCUT2D eigenvalue weighted by atomic mass is 16.5. The summed E-state index contributed by atoms with van der Waals surface area (Å²) < 4.78 is 5.27. The first-order chi connectivity index (χ1) is 8.48. The molecule has 1 aliphatic carbocycles. The van der Waals surface area contributed by atoms with Gasteiger partial charge in [0.2, 0.25) is 0 Å². The molecule has 0 aromatic heterocycles. The molecule has 0 aromatic rings. The van der Waals surface area contributed by atoms with E-state index < -0.39 is 5.97 Å². The number of carboxylic acid groups (broad SMARTS) is 1. The number of rotatable bonds is 5. The quantitative estimate of drug-likeness (QED) is 0.758. The first kappa shape index (κ1) is 13.1. The number of hydrogen-bond acceptors (Lipinski definition) is 3. The molecule has 2 aliphatic rings. The number of hydrogen-bond donors (Lipinski definition) is 2. The second-order valence-electron chi connectivity index (χ2n) is 5.51. The van der Waals surface area contributed by atoms with Crippen molar-refractivity contribution in [3.8, 4) is 0 Å². The molecular weight excluding hydrogens is 236 g/mol. The standard InChI is InChI=1S/C12H20N2O4/c1-12(4-5-18-8-12)13-11(17)14(7-10(15)16)6-9-2-3-9/h9H,2-8H2,1H3,(H,13,17)(H,15,16). The van der Waals surface area contributed by atoms with Gasteiger partial charge in [0, 0.05) is 13.2 Å². The van der Waals surface area contributed by atoms with E-state index in [0.29, 0.717) is 25.7 Å². The van der Waals surface area contributed by atoms with E-state index in [2.05, 4.69) is 5.32 Å². The van der Waals surface area contributed by atoms with Crippen molar-refractivity contribution in [1.29, 1.82) is 0 Å². The van der Waals surface area contributed by atoms with Crippen LogP contribution in [0.25, 0.3) is 0 Å². The van der Waals surface area contributed by atoms with Gasteiger partial charge in [0.25, 0.3) is 0 Å². The maximum Gasteiger partial charge on any atom is 0.323 e. The second-order valence-corrected chi connectivity index (χ2v) is 5.51. The number of urea groups is 1. The summed E-state index contributed by atoms with van der Waals surface area (Å²) in [6.07, 6.45) is 2.94. The maximum absolute atomic E-state index is 12.1. The van der Waals surface area contributed by atoms with E-state index >= 15 is 0 Å². The number of nitrogens with zero attached hydrogens (tertiary/aromatic N) is 1. The Labute approximate surface area is 106 Å². The molecule has 1 heterocycles. The third kappa shape index (κ3) is 3.60. The Bertz CT molecular complexity index is 335. The molecule has 1 unspecified atom stereocenters. The fraction of sp³-hybridized carbons (Fsp3) is 0.833. The molecule has 2 N–H and O–H groups in total. The summed E-state index contributed by atoms with van der Waals surface area (Å²) in [5.74, 6) is -0.499. The predicted octanol–water partition coefficient (Wildman–Crippen LogP) is 0.672. The number of carbonyl (C=O) groups is 2. The smallest absolute Gasteiger partial charge is 0.323 e. The van der Waals surface area contributed by atoms with E-state index in [1.807, 2.05) is 6.92 Å². The predicted molar refractivity (Wildman–Crippen MR) is 64.3 cm³/mol. The highest BCUT2D eigenvalue weighted by Gasteiger charge is 2.34. The van der Waals surface area contributed by atoms with Gasteiger partial charge in [-0.15, -0.1) is 0 Å². The van der Waals surface area contributed by atoms with Crippen molar-refractivity contribution in [3.63, 3.8) is 0 Å². The number of amides is 2. The van der Waals surface area contributed by atoms with Crippen LogP contribution in [0.15, 0.2) is 0 Å². The van der Waals surface area contributed by atoms with Crippen LogP contribution in [0.5, 0.6) is 0 Å². The van der Waals surface area contributed by atoms with Gasteiger partial charge in [-0.3, -0.25) is 4.79 Å². The fourth-order valence-corrected chi connectivity index (χ4v) is 2.10. The lowest BCUT2D eigenvalue weighted by Gasteiger charge is -2.29. The van der Waals surface area contributed by atoms with E-state index in [4.69, 9.17) is 9.84 Å². The van der Waals surface area contributed by atoms with Crippen LogP contribution in [0.4, 0.5) is 4.79 Å². The minimum Gasteiger partial charge on any atom is -0.480 e. The van der Waals surface area contributed by atoms with Crippen molar-refractivity contribution in [1.82, 2.24) is 10.2 Å². The van der Waals surface area contributed by atoms with Crippen LogP contribution < -0.4 is 5.32 Å². The molecule has 2 rings (SSSR count). The van der Waals surface area contributed by atoms with Gasteiger partial charge in [-0.25, -0.2) is 4.79 Å². The van der Waals surface area contributed by atoms with Crippen LogP contribution in [0.3, 0.4) is 0 Å². The van der Waals surface area contributed by atoms with Crippen molar-refractivity contribution in [2.45, 2.75) is 31.7 Å². The third-order valence-corrected chi connectivity index (χ3v) is 3.42. The van der Waals surface area contributed by atoms with Crippen LogP contribution in [-0.2, 0) is 9.53 Å². The number of carbonyl (C=O) groups excluding carboxylic acids is 1. The van der Waals surface area contributed by atoms with Gasteiger partial charge >= 0.3 is 12.0 Å². The SMILES string of the molecule is CC1(NC(=O)N(CC(=O)O)CC2CC2)CCOC1. The van der Waals surface area contributed by atoms with E-state index in [1.165, 1.54) is 4.90 Å². The van der Waals surface area contributed by atoms with E-state index in [1.54, 1.807) is 0 Å². The molecule has 18 heavy (non-hydrogen) atoms. The molecule has 6 nitrogen and oxygen atoms in total. The van der Waals surface area contributed by atoms with Gasteiger partial charge < -0.3 is 20.1 Å². The monoisotopic (exact) mass is 256 g/mol. The van der Waals surface area contributed by atoms with Crippen molar-refractivity contribution < 1.29 is 19.4 Å². The molecule has 0 radical (unpaired) electrons. The number of aliphatic carboxylic acids is 1. The lowest BCUT2D eigenvalue weighted by atomic mass is 10.0. The van der Waals surface area contributed by atoms with Gasteiger partial charge in [-0.05, 0) is 32.1 Å². The Morgan fingerprint density at radius 3 is 2.72 bits per heavy atom. The molecule has 6 heteroatoms. The van der Waals surface area contributed by atoms with Crippen molar-refractivity contribution in [2.75, 3.05) is 26.3 Å². The summed E-state index contributed by atoms with van der Waals surface area (Å²) in [5.41, 5.74) is -0.364. The highest BCUT2D eigenvalue weighted by molar-refractivity contribution is 5.80. The molecule has 1 aliphatic heterocycles. The molecule has 0 aromatic carbocycles. The molecule has 102 valence electrons. The van der Waals surface area contributed by atoms with Gasteiger partial charge in [0.1, 0.15) is 6.54 Å². The second kappa shape index (κ2) is 5.14. The Hall–Kier alpha value is -1.30. The van der Waals surface area contributed by atoms with Crippen LogP contribution in [0.2, 0.25) is 0 Å². The van der Waals surface area contributed by atoms with Crippen LogP contribution in [-0.4, -0.2) is 53.8 Å². The maximum atomic E-state index is 12.1. The molecule has 1 saturated heterocycles. The highest BCUT2D eigenvalue weighted by Crippen LogP contribution is 2.29. The van der Waals surface area contributed by atoms with Gasteiger partial charge in [0.15, 0.2) is 0 Å². The Kier molecular flexibility index (Phi) is 3.75. The molecule has 1 saturated carbocycles. The first-order valence-corrected chi connectivity index (χ1v) is 6.35. The summed E-state index contributed by atoms with van der Waals surface area (Å²) in [6, 6.07) is -0.294. The van der Waals surface area contributed by atoms with Crippen molar-refractivity contribution in [3.05, 3.63) is 0 Å². The minimum absolute atomic E-state index is 0.237. The fourth-order valence-electron chi connectivity index (χ4n) is 2.10. The Morgan fingerprint density at radius 2 is 2.22 bits per heavy atom. The molecule has 0 bridgehead atoms. The van der Waals surface area contributed by atoms with Gasteiger partial charge in [0.05, 0.1) is 12.1 Å². The number of carboxylic acids is 1. The summed E-state index contributed by atoms with van der Waals surface area (Å²) >= 11 is 0. The molecule has 1 atom stereocenters. The lowest BCUT2D eigenvalue weighted by molar-refractivity contribution is -0.137.